The van der Waals surface area contributed by atoms with E-state index in [0.29, 0.717) is 16.1 Å². The van der Waals surface area contributed by atoms with E-state index in [-0.39, 0.29) is 17.1 Å². The number of benzene rings is 3. The summed E-state index contributed by atoms with van der Waals surface area (Å²) in [6, 6.07) is 16.9. The van der Waals surface area contributed by atoms with Gasteiger partial charge in [0, 0.05) is 16.8 Å². The molecular weight excluding hydrogens is 341 g/mol. The van der Waals surface area contributed by atoms with Crippen LogP contribution in [-0.2, 0) is 4.74 Å². The summed E-state index contributed by atoms with van der Waals surface area (Å²) in [5.74, 6) is -0.813. The van der Waals surface area contributed by atoms with E-state index in [1.54, 1.807) is 36.4 Å². The monoisotopic (exact) mass is 355 g/mol. The van der Waals surface area contributed by atoms with Crippen molar-refractivity contribution < 1.29 is 13.9 Å². The Labute approximate surface area is 149 Å². The number of halogens is 2. The maximum atomic E-state index is 13.9. The number of nitrogen functional groups attached to an aromatic ring is 1. The molecule has 2 N–H and O–H groups in total. The van der Waals surface area contributed by atoms with Crippen LogP contribution in [0.2, 0.25) is 5.02 Å². The summed E-state index contributed by atoms with van der Waals surface area (Å²) in [5, 5.41) is 0.420. The van der Waals surface area contributed by atoms with Gasteiger partial charge in [-0.1, -0.05) is 54.1 Å². The summed E-state index contributed by atoms with van der Waals surface area (Å²) in [6.45, 7) is 0. The Morgan fingerprint density at radius 3 is 2.20 bits per heavy atom. The van der Waals surface area contributed by atoms with Gasteiger partial charge in [0.15, 0.2) is 0 Å². The van der Waals surface area contributed by atoms with Crippen molar-refractivity contribution in [2.24, 2.45) is 0 Å². The van der Waals surface area contributed by atoms with Crippen molar-refractivity contribution >= 4 is 23.3 Å². The highest BCUT2D eigenvalue weighted by Crippen LogP contribution is 2.34. The molecule has 25 heavy (non-hydrogen) atoms. The zero-order valence-corrected chi connectivity index (χ0v) is 14.2. The van der Waals surface area contributed by atoms with Gasteiger partial charge in [-0.3, -0.25) is 0 Å². The van der Waals surface area contributed by atoms with Crippen LogP contribution < -0.4 is 5.73 Å². The minimum Gasteiger partial charge on any atom is -0.465 e. The fraction of sp³-hybridized carbons (Fsp3) is 0.0500. The molecule has 0 amide bonds. The number of ether oxygens (including phenoxy) is 1. The van der Waals surface area contributed by atoms with Crippen molar-refractivity contribution in [3.8, 4) is 22.3 Å². The molecule has 0 saturated carbocycles. The van der Waals surface area contributed by atoms with Crippen LogP contribution in [0, 0.1) is 5.82 Å². The maximum absolute atomic E-state index is 13.9. The second-order valence-corrected chi connectivity index (χ2v) is 5.88. The lowest BCUT2D eigenvalue weighted by atomic mass is 9.98. The van der Waals surface area contributed by atoms with Crippen LogP contribution in [-0.4, -0.2) is 13.1 Å². The molecule has 0 fully saturated rings. The van der Waals surface area contributed by atoms with Crippen LogP contribution in [0.4, 0.5) is 10.1 Å². The lowest BCUT2D eigenvalue weighted by molar-refractivity contribution is 0.0602. The fourth-order valence-electron chi connectivity index (χ4n) is 2.62. The summed E-state index contributed by atoms with van der Waals surface area (Å²) in [7, 11) is 1.29. The molecule has 0 radical (unpaired) electrons. The Bertz CT molecular complexity index is 939. The van der Waals surface area contributed by atoms with E-state index in [0.717, 1.165) is 11.1 Å². The number of rotatable bonds is 3. The molecule has 0 atom stereocenters. The molecular formula is C20H15ClFNO2. The fourth-order valence-corrected chi connectivity index (χ4v) is 2.90. The van der Waals surface area contributed by atoms with Gasteiger partial charge in [-0.2, -0.15) is 0 Å². The minimum absolute atomic E-state index is 0.250. The summed E-state index contributed by atoms with van der Waals surface area (Å²) in [5.41, 5.74) is 9.05. The third kappa shape index (κ3) is 3.35. The van der Waals surface area contributed by atoms with Crippen molar-refractivity contribution in [1.29, 1.82) is 0 Å². The van der Waals surface area contributed by atoms with Crippen LogP contribution in [0.25, 0.3) is 22.3 Å². The Morgan fingerprint density at radius 1 is 1.00 bits per heavy atom. The smallest absolute Gasteiger partial charge is 0.339 e. The maximum Gasteiger partial charge on any atom is 0.339 e. The molecule has 0 unspecified atom stereocenters. The molecule has 126 valence electrons. The highest BCUT2D eigenvalue weighted by atomic mass is 35.5. The predicted octanol–water partition coefficient (Wildman–Crippen LogP) is 5.18. The van der Waals surface area contributed by atoms with Gasteiger partial charge >= 0.3 is 5.97 Å². The zero-order valence-electron chi connectivity index (χ0n) is 13.4. The average molecular weight is 356 g/mol. The zero-order chi connectivity index (χ0) is 18.0. The Morgan fingerprint density at radius 2 is 1.60 bits per heavy atom. The second-order valence-electron chi connectivity index (χ2n) is 5.47. The van der Waals surface area contributed by atoms with Crippen LogP contribution >= 0.6 is 11.6 Å². The van der Waals surface area contributed by atoms with E-state index in [2.05, 4.69) is 0 Å². The number of methoxy groups -OCH3 is 1. The van der Waals surface area contributed by atoms with Crippen molar-refractivity contribution in [3.05, 3.63) is 77.1 Å². The quantitative estimate of drug-likeness (QED) is 0.520. The van der Waals surface area contributed by atoms with E-state index < -0.39 is 5.97 Å². The van der Waals surface area contributed by atoms with Crippen LogP contribution in [0.5, 0.6) is 0 Å². The number of anilines is 1. The van der Waals surface area contributed by atoms with Gasteiger partial charge in [-0.25, -0.2) is 9.18 Å². The molecule has 0 aliphatic rings. The van der Waals surface area contributed by atoms with E-state index in [1.165, 1.54) is 19.2 Å². The highest BCUT2D eigenvalue weighted by molar-refractivity contribution is 6.34. The van der Waals surface area contributed by atoms with Gasteiger partial charge in [0.1, 0.15) is 5.82 Å². The molecule has 5 heteroatoms. The SMILES string of the molecule is COC(=O)c1cc(-c2ccc(-c3ccccc3F)cc2)c(Cl)cc1N. The van der Waals surface area contributed by atoms with Gasteiger partial charge in [-0.05, 0) is 29.3 Å². The van der Waals surface area contributed by atoms with Gasteiger partial charge in [-0.15, -0.1) is 0 Å². The highest BCUT2D eigenvalue weighted by Gasteiger charge is 2.15. The molecule has 3 aromatic carbocycles. The third-order valence-electron chi connectivity index (χ3n) is 3.93. The van der Waals surface area contributed by atoms with Crippen LogP contribution in [0.15, 0.2) is 60.7 Å². The number of hydrogen-bond donors (Lipinski definition) is 1. The summed E-state index contributed by atoms with van der Waals surface area (Å²) in [6.07, 6.45) is 0. The number of nitrogens with two attached hydrogens (primary N) is 1. The molecule has 0 aromatic heterocycles. The molecule has 0 spiro atoms. The molecule has 3 rings (SSSR count). The van der Waals surface area contributed by atoms with Gasteiger partial charge < -0.3 is 10.5 Å². The van der Waals surface area contributed by atoms with Crippen molar-refractivity contribution in [1.82, 2.24) is 0 Å². The predicted molar refractivity (Wildman–Crippen MR) is 98.0 cm³/mol. The first-order valence-corrected chi connectivity index (χ1v) is 7.91. The molecule has 0 heterocycles. The topological polar surface area (TPSA) is 52.3 Å². The van der Waals surface area contributed by atoms with Gasteiger partial charge in [0.25, 0.3) is 0 Å². The minimum atomic E-state index is -0.529. The Kier molecular flexibility index (Phi) is 4.72. The lowest BCUT2D eigenvalue weighted by Gasteiger charge is -2.11. The lowest BCUT2D eigenvalue weighted by Crippen LogP contribution is -2.06. The Balaban J connectivity index is 2.03. The van der Waals surface area contributed by atoms with E-state index in [4.69, 9.17) is 22.1 Å². The molecule has 3 nitrogen and oxygen atoms in total. The van der Waals surface area contributed by atoms with E-state index in [1.807, 2.05) is 12.1 Å². The molecule has 0 aliphatic carbocycles. The molecule has 0 aliphatic heterocycles. The van der Waals surface area contributed by atoms with Crippen molar-refractivity contribution in [3.63, 3.8) is 0 Å². The molecule has 3 aromatic rings. The number of hydrogen-bond acceptors (Lipinski definition) is 3. The first-order chi connectivity index (χ1) is 12.0. The van der Waals surface area contributed by atoms with Crippen molar-refractivity contribution in [2.45, 2.75) is 0 Å². The number of carbonyl (C=O) groups excluding carboxylic acids is 1. The summed E-state index contributed by atoms with van der Waals surface area (Å²) >= 11 is 6.27. The molecule has 0 saturated heterocycles. The number of carbonyl (C=O) groups is 1. The van der Waals surface area contributed by atoms with Crippen LogP contribution in [0.1, 0.15) is 10.4 Å². The van der Waals surface area contributed by atoms with Gasteiger partial charge in [0.2, 0.25) is 0 Å². The summed E-state index contributed by atoms with van der Waals surface area (Å²) in [4.78, 5) is 11.8. The van der Waals surface area contributed by atoms with Gasteiger partial charge in [0.05, 0.1) is 17.7 Å². The second kappa shape index (κ2) is 6.95. The standard InChI is InChI=1S/C20H15ClFNO2/c1-25-20(24)16-10-15(17(21)11-19(16)23)13-8-6-12(7-9-13)14-4-2-3-5-18(14)22/h2-11H,23H2,1H3. The van der Waals surface area contributed by atoms with E-state index in [9.17, 15) is 9.18 Å². The first-order valence-electron chi connectivity index (χ1n) is 7.54. The largest absolute Gasteiger partial charge is 0.465 e. The van der Waals surface area contributed by atoms with Crippen molar-refractivity contribution in [2.75, 3.05) is 12.8 Å². The first kappa shape index (κ1) is 17.0. The third-order valence-corrected chi connectivity index (χ3v) is 4.24. The summed E-state index contributed by atoms with van der Waals surface area (Å²) < 4.78 is 18.6. The normalized spacial score (nSPS) is 10.5. The average Bonchev–Trinajstić information content (AvgIpc) is 2.62. The van der Waals surface area contributed by atoms with E-state index >= 15 is 0 Å². The molecule has 0 bridgehead atoms. The number of esters is 1. The Hall–Kier alpha value is -2.85. The van der Waals surface area contributed by atoms with Crippen LogP contribution in [0.3, 0.4) is 0 Å².